The average molecular weight is 585 g/mol. The molecule has 6 rings (SSSR count). The maximum Gasteiger partial charge on any atom is 0.240 e. The van der Waals surface area contributed by atoms with Gasteiger partial charge in [-0.3, -0.25) is 14.6 Å². The van der Waals surface area contributed by atoms with Gasteiger partial charge in [-0.1, -0.05) is 0 Å². The first-order valence-corrected chi connectivity index (χ1v) is 14.4. The van der Waals surface area contributed by atoms with Gasteiger partial charge >= 0.3 is 0 Å². The third kappa shape index (κ3) is 5.96. The van der Waals surface area contributed by atoms with Crippen molar-refractivity contribution in [2.75, 3.05) is 42.3 Å². The number of aliphatic hydroxyl groups excluding tert-OH is 1. The molecule has 4 aromatic rings. The number of nitrogens with one attached hydrogen (secondary N) is 2. The summed E-state index contributed by atoms with van der Waals surface area (Å²) in [6.07, 6.45) is 4.43. The van der Waals surface area contributed by atoms with E-state index in [1.54, 1.807) is 43.6 Å². The molecule has 0 radical (unpaired) electrons. The van der Waals surface area contributed by atoms with Crippen molar-refractivity contribution < 1.29 is 28.6 Å². The number of piperidine rings is 1. The summed E-state index contributed by atoms with van der Waals surface area (Å²) in [5.74, 6) is 1.04. The normalized spacial score (nSPS) is 16.0. The van der Waals surface area contributed by atoms with E-state index < -0.39 is 17.1 Å². The van der Waals surface area contributed by atoms with E-state index in [4.69, 9.17) is 9.47 Å². The molecule has 0 unspecified atom stereocenters. The number of aliphatic hydroxyl groups is 1. The molecule has 2 amide bonds. The van der Waals surface area contributed by atoms with Crippen molar-refractivity contribution in [2.24, 2.45) is 11.3 Å². The highest BCUT2D eigenvalue weighted by Crippen LogP contribution is 2.47. The van der Waals surface area contributed by atoms with Gasteiger partial charge in [-0.2, -0.15) is 0 Å². The number of pyridine rings is 1. The first kappa shape index (κ1) is 28.4. The molecule has 0 spiro atoms. The smallest absolute Gasteiger partial charge is 0.240 e. The predicted molar refractivity (Wildman–Crippen MR) is 162 cm³/mol. The highest BCUT2D eigenvalue weighted by atomic mass is 19.1. The molecule has 10 heteroatoms. The molecule has 3 aromatic carbocycles. The molecule has 43 heavy (non-hydrogen) atoms. The van der Waals surface area contributed by atoms with Gasteiger partial charge in [0.2, 0.25) is 11.8 Å². The second-order valence-corrected chi connectivity index (χ2v) is 11.1. The summed E-state index contributed by atoms with van der Waals surface area (Å²) in [6, 6.07) is 18.1. The molecule has 9 nitrogen and oxygen atoms in total. The number of methoxy groups -OCH3 is 1. The van der Waals surface area contributed by atoms with Crippen LogP contribution in [0.25, 0.3) is 10.9 Å². The summed E-state index contributed by atoms with van der Waals surface area (Å²) in [6.45, 7) is 1.90. The molecule has 0 bridgehead atoms. The van der Waals surface area contributed by atoms with Gasteiger partial charge in [0.1, 0.15) is 28.5 Å². The summed E-state index contributed by atoms with van der Waals surface area (Å²) in [5.41, 5.74) is 1.57. The van der Waals surface area contributed by atoms with Crippen LogP contribution >= 0.6 is 0 Å². The van der Waals surface area contributed by atoms with Gasteiger partial charge in [0.25, 0.3) is 0 Å². The van der Waals surface area contributed by atoms with Crippen LogP contribution in [-0.2, 0) is 9.59 Å². The first-order chi connectivity index (χ1) is 20.9. The molecule has 3 N–H and O–H groups in total. The molecule has 2 heterocycles. The van der Waals surface area contributed by atoms with Crippen molar-refractivity contribution in [3.63, 3.8) is 0 Å². The largest absolute Gasteiger partial charge is 0.495 e. The van der Waals surface area contributed by atoms with Crippen molar-refractivity contribution in [2.45, 2.75) is 25.7 Å². The van der Waals surface area contributed by atoms with Crippen LogP contribution in [0.4, 0.5) is 21.5 Å². The van der Waals surface area contributed by atoms with Crippen molar-refractivity contribution in [3.8, 4) is 17.2 Å². The SMILES string of the molecule is COc1cc2c(Oc3ccc(NC(=O)C4(C(=O)Nc5ccc(F)cc5)CC4)cc3)ccnc2cc1N1CCC(CO)CC1. The fraction of sp³-hybridized carbons (Fsp3) is 0.303. The highest BCUT2D eigenvalue weighted by Gasteiger charge is 2.56. The first-order valence-electron chi connectivity index (χ1n) is 14.4. The molecule has 1 saturated heterocycles. The molecule has 2 fully saturated rings. The number of aromatic nitrogens is 1. The molecular weight excluding hydrogens is 551 g/mol. The Bertz CT molecular complexity index is 1630. The minimum atomic E-state index is -1.15. The summed E-state index contributed by atoms with van der Waals surface area (Å²) in [4.78, 5) is 32.7. The van der Waals surface area contributed by atoms with Crippen LogP contribution < -0.4 is 25.0 Å². The number of fused-ring (bicyclic) bond motifs is 1. The topological polar surface area (TPSA) is 113 Å². The van der Waals surface area contributed by atoms with Crippen LogP contribution in [0.3, 0.4) is 0 Å². The van der Waals surface area contributed by atoms with E-state index in [0.717, 1.165) is 48.3 Å². The Labute approximate surface area is 248 Å². The predicted octanol–water partition coefficient (Wildman–Crippen LogP) is 5.74. The van der Waals surface area contributed by atoms with E-state index in [-0.39, 0.29) is 12.5 Å². The van der Waals surface area contributed by atoms with E-state index in [0.29, 0.717) is 41.6 Å². The Hall–Kier alpha value is -4.70. The van der Waals surface area contributed by atoms with Crippen LogP contribution in [0.15, 0.2) is 72.9 Å². The van der Waals surface area contributed by atoms with E-state index in [1.165, 1.54) is 24.3 Å². The van der Waals surface area contributed by atoms with Crippen LogP contribution in [0.1, 0.15) is 25.7 Å². The Kier molecular flexibility index (Phi) is 7.86. The lowest BCUT2D eigenvalue weighted by Gasteiger charge is -2.33. The van der Waals surface area contributed by atoms with Crippen molar-refractivity contribution in [1.82, 2.24) is 4.98 Å². The maximum atomic E-state index is 13.2. The highest BCUT2D eigenvalue weighted by molar-refractivity contribution is 6.16. The molecule has 0 atom stereocenters. The molecule has 2 aliphatic rings. The number of anilines is 3. The number of carbonyl (C=O) groups excluding carboxylic acids is 2. The molecule has 1 saturated carbocycles. The minimum Gasteiger partial charge on any atom is -0.495 e. The number of rotatable bonds is 9. The fourth-order valence-corrected chi connectivity index (χ4v) is 5.44. The van der Waals surface area contributed by atoms with Crippen LogP contribution in [-0.4, -0.2) is 48.7 Å². The summed E-state index contributed by atoms with van der Waals surface area (Å²) in [7, 11) is 1.65. The van der Waals surface area contributed by atoms with Crippen LogP contribution in [0, 0.1) is 17.2 Å². The van der Waals surface area contributed by atoms with E-state index in [1.807, 2.05) is 12.1 Å². The fourth-order valence-electron chi connectivity index (χ4n) is 5.44. The third-order valence-corrected chi connectivity index (χ3v) is 8.28. The van der Waals surface area contributed by atoms with Crippen molar-refractivity contribution in [3.05, 3.63) is 78.7 Å². The van der Waals surface area contributed by atoms with Crippen LogP contribution in [0.2, 0.25) is 0 Å². The number of ether oxygens (including phenoxy) is 2. The number of benzene rings is 3. The monoisotopic (exact) mass is 584 g/mol. The van der Waals surface area contributed by atoms with Gasteiger partial charge in [-0.05, 0) is 98.3 Å². The number of amides is 2. The van der Waals surface area contributed by atoms with Gasteiger partial charge in [0, 0.05) is 42.7 Å². The van der Waals surface area contributed by atoms with Gasteiger partial charge in [-0.15, -0.1) is 0 Å². The van der Waals surface area contributed by atoms with E-state index in [9.17, 15) is 19.1 Å². The quantitative estimate of drug-likeness (QED) is 0.215. The van der Waals surface area contributed by atoms with Crippen LogP contribution in [0.5, 0.6) is 17.2 Å². The number of carbonyl (C=O) groups is 2. The van der Waals surface area contributed by atoms with Gasteiger partial charge in [0.15, 0.2) is 0 Å². The van der Waals surface area contributed by atoms with E-state index >= 15 is 0 Å². The third-order valence-electron chi connectivity index (χ3n) is 8.28. The zero-order valence-corrected chi connectivity index (χ0v) is 23.8. The van der Waals surface area contributed by atoms with Gasteiger partial charge in [-0.25, -0.2) is 4.39 Å². The summed E-state index contributed by atoms with van der Waals surface area (Å²) in [5, 5.41) is 15.8. The lowest BCUT2D eigenvalue weighted by Crippen LogP contribution is -2.35. The number of hydrogen-bond acceptors (Lipinski definition) is 7. The molecular formula is C33H33FN4O5. The van der Waals surface area contributed by atoms with Crippen molar-refractivity contribution in [1.29, 1.82) is 0 Å². The lowest BCUT2D eigenvalue weighted by molar-refractivity contribution is -0.131. The standard InChI is InChI=1S/C33H33FN4O5/c1-42-30-18-26-27(19-28(30)38-16-11-21(20-39)12-17-38)35-15-10-29(26)43-25-8-6-24(7-9-25)37-32(41)33(13-14-33)31(40)36-23-4-2-22(34)3-5-23/h2-10,15,18-19,21,39H,11-14,16-17,20H2,1H3,(H,36,40)(H,37,41). The second kappa shape index (κ2) is 11.9. The Morgan fingerprint density at radius 2 is 1.58 bits per heavy atom. The second-order valence-electron chi connectivity index (χ2n) is 11.1. The zero-order chi connectivity index (χ0) is 30.0. The molecule has 1 aliphatic heterocycles. The molecule has 1 aromatic heterocycles. The number of nitrogens with zero attached hydrogens (tertiary/aromatic N) is 2. The molecule has 222 valence electrons. The number of halogens is 1. The molecule has 1 aliphatic carbocycles. The minimum absolute atomic E-state index is 0.217. The zero-order valence-electron chi connectivity index (χ0n) is 23.8. The lowest BCUT2D eigenvalue weighted by atomic mass is 9.97. The maximum absolute atomic E-state index is 13.2. The summed E-state index contributed by atoms with van der Waals surface area (Å²) < 4.78 is 25.2. The number of hydrogen-bond donors (Lipinski definition) is 3. The Morgan fingerprint density at radius 3 is 2.16 bits per heavy atom. The Balaban J connectivity index is 1.13. The van der Waals surface area contributed by atoms with Crippen molar-refractivity contribution >= 4 is 39.8 Å². The van der Waals surface area contributed by atoms with E-state index in [2.05, 4.69) is 20.5 Å². The summed E-state index contributed by atoms with van der Waals surface area (Å²) >= 11 is 0. The van der Waals surface area contributed by atoms with Gasteiger partial charge < -0.3 is 30.1 Å². The Morgan fingerprint density at radius 1 is 0.953 bits per heavy atom. The van der Waals surface area contributed by atoms with Gasteiger partial charge in [0.05, 0.1) is 18.3 Å². The average Bonchev–Trinajstić information content (AvgIpc) is 3.85.